The second-order valence-corrected chi connectivity index (χ2v) is 9.12. The highest BCUT2D eigenvalue weighted by Gasteiger charge is 2.33. The maximum atomic E-state index is 11.4. The van der Waals surface area contributed by atoms with Crippen molar-refractivity contribution in [2.24, 2.45) is 22.6 Å². The Labute approximate surface area is 200 Å². The van der Waals surface area contributed by atoms with Crippen molar-refractivity contribution in [2.45, 2.75) is 26.3 Å². The molecule has 1 aliphatic carbocycles. The van der Waals surface area contributed by atoms with Crippen LogP contribution >= 0.6 is 12.2 Å². The van der Waals surface area contributed by atoms with E-state index in [1.807, 2.05) is 36.2 Å². The number of nitrogens with zero attached hydrogens (tertiary/aromatic N) is 4. The van der Waals surface area contributed by atoms with E-state index in [9.17, 15) is 4.79 Å². The summed E-state index contributed by atoms with van der Waals surface area (Å²) in [6.07, 6.45) is 7.33. The number of hydrogen-bond donors (Lipinski definition) is 2. The van der Waals surface area contributed by atoms with Gasteiger partial charge in [0.1, 0.15) is 0 Å². The van der Waals surface area contributed by atoms with E-state index in [0.717, 1.165) is 65.8 Å². The lowest BCUT2D eigenvalue weighted by atomic mass is 9.99. The van der Waals surface area contributed by atoms with Crippen LogP contribution in [-0.2, 0) is 11.3 Å². The van der Waals surface area contributed by atoms with Gasteiger partial charge in [-0.25, -0.2) is 4.99 Å². The first-order valence-corrected chi connectivity index (χ1v) is 11.6. The quantitative estimate of drug-likeness (QED) is 0.459. The van der Waals surface area contributed by atoms with Crippen LogP contribution in [0.4, 0.5) is 11.4 Å². The number of benzene rings is 1. The van der Waals surface area contributed by atoms with Crippen LogP contribution in [0.3, 0.4) is 0 Å². The van der Waals surface area contributed by atoms with E-state index in [0.29, 0.717) is 5.92 Å². The molecule has 33 heavy (non-hydrogen) atoms. The summed E-state index contributed by atoms with van der Waals surface area (Å²) in [6.45, 7) is 3.77. The fourth-order valence-electron chi connectivity index (χ4n) is 3.88. The Morgan fingerprint density at radius 2 is 2.00 bits per heavy atom. The zero-order chi connectivity index (χ0) is 23.4. The summed E-state index contributed by atoms with van der Waals surface area (Å²) in [7, 11) is 2.01. The molecule has 1 aliphatic heterocycles. The minimum Gasteiger partial charge on any atom is -0.403 e. The summed E-state index contributed by atoms with van der Waals surface area (Å²) >= 11 is 5.64. The number of allylic oxidation sites excluding steroid dienone is 1. The summed E-state index contributed by atoms with van der Waals surface area (Å²) in [6, 6.07) is 12.1. The Morgan fingerprint density at radius 1 is 1.27 bits per heavy atom. The number of rotatable bonds is 8. The highest BCUT2D eigenvalue weighted by molar-refractivity contribution is 7.80. The van der Waals surface area contributed by atoms with Crippen molar-refractivity contribution < 1.29 is 4.79 Å². The van der Waals surface area contributed by atoms with E-state index in [2.05, 4.69) is 27.3 Å². The molecule has 2 aromatic rings. The van der Waals surface area contributed by atoms with Crippen LogP contribution in [0.5, 0.6) is 0 Å². The minimum atomic E-state index is 0.112. The molecule has 0 spiro atoms. The lowest BCUT2D eigenvalue weighted by Gasteiger charge is -2.41. The smallest absolute Gasteiger partial charge is 0.219 e. The average Bonchev–Trinajstić information content (AvgIpc) is 3.62. The van der Waals surface area contributed by atoms with Crippen LogP contribution < -0.4 is 11.1 Å². The van der Waals surface area contributed by atoms with Crippen molar-refractivity contribution in [3.63, 3.8) is 0 Å². The maximum absolute atomic E-state index is 11.4. The number of hydrogen-bond acceptors (Lipinski definition) is 6. The summed E-state index contributed by atoms with van der Waals surface area (Å²) in [5, 5.41) is 3.43. The molecule has 2 heterocycles. The molecule has 0 unspecified atom stereocenters. The van der Waals surface area contributed by atoms with E-state index >= 15 is 0 Å². The highest BCUT2D eigenvalue weighted by Crippen LogP contribution is 2.35. The van der Waals surface area contributed by atoms with Gasteiger partial charge in [-0.3, -0.25) is 9.78 Å². The van der Waals surface area contributed by atoms with Gasteiger partial charge >= 0.3 is 0 Å². The molecule has 1 amide bonds. The van der Waals surface area contributed by atoms with E-state index in [1.165, 1.54) is 0 Å². The van der Waals surface area contributed by atoms with Crippen molar-refractivity contribution >= 4 is 40.2 Å². The number of thiocarbonyl (C=S) groups is 1. The van der Waals surface area contributed by atoms with E-state index in [1.54, 1.807) is 25.5 Å². The van der Waals surface area contributed by atoms with Crippen molar-refractivity contribution in [1.29, 1.82) is 0 Å². The lowest BCUT2D eigenvalue weighted by molar-refractivity contribution is -0.133. The van der Waals surface area contributed by atoms with Gasteiger partial charge in [0.15, 0.2) is 0 Å². The predicted molar refractivity (Wildman–Crippen MR) is 136 cm³/mol. The second kappa shape index (κ2) is 10.1. The number of aromatic nitrogens is 1. The van der Waals surface area contributed by atoms with Crippen LogP contribution in [0.2, 0.25) is 0 Å². The maximum Gasteiger partial charge on any atom is 0.219 e. The molecule has 2 fully saturated rings. The normalized spacial score (nSPS) is 16.8. The molecule has 172 valence electrons. The summed E-state index contributed by atoms with van der Waals surface area (Å²) in [5.41, 5.74) is 10.7. The van der Waals surface area contributed by atoms with Crippen LogP contribution in [-0.4, -0.2) is 51.5 Å². The Morgan fingerprint density at radius 3 is 2.58 bits per heavy atom. The van der Waals surface area contributed by atoms with Gasteiger partial charge < -0.3 is 20.9 Å². The fraction of sp³-hybridized carbons (Fsp3) is 0.360. The topological polar surface area (TPSA) is 86.9 Å². The number of amides is 1. The van der Waals surface area contributed by atoms with E-state index in [4.69, 9.17) is 22.9 Å². The number of nitrogens with two attached hydrogens (primary N) is 1. The highest BCUT2D eigenvalue weighted by atomic mass is 32.1. The van der Waals surface area contributed by atoms with Crippen LogP contribution in [0, 0.1) is 11.8 Å². The van der Waals surface area contributed by atoms with Gasteiger partial charge in [0, 0.05) is 63.5 Å². The van der Waals surface area contributed by atoms with E-state index in [-0.39, 0.29) is 11.8 Å². The Bertz CT molecular complexity index is 1060. The van der Waals surface area contributed by atoms with Crippen molar-refractivity contribution in [3.8, 4) is 0 Å². The summed E-state index contributed by atoms with van der Waals surface area (Å²) in [5.74, 6) is 0.805. The molecule has 2 aliphatic rings. The van der Waals surface area contributed by atoms with Gasteiger partial charge in [-0.1, -0.05) is 24.4 Å². The first-order valence-electron chi connectivity index (χ1n) is 11.2. The van der Waals surface area contributed by atoms with Gasteiger partial charge in [-0.2, -0.15) is 0 Å². The summed E-state index contributed by atoms with van der Waals surface area (Å²) < 4.78 is 0. The number of nitrogens with one attached hydrogen (secondary N) is 1. The first kappa shape index (κ1) is 22.9. The van der Waals surface area contributed by atoms with Gasteiger partial charge in [0.25, 0.3) is 0 Å². The molecule has 8 heteroatoms. The first-order chi connectivity index (χ1) is 15.9. The van der Waals surface area contributed by atoms with Gasteiger partial charge in [0.05, 0.1) is 28.3 Å². The molecule has 4 rings (SSSR count). The molecule has 1 aromatic heterocycles. The third-order valence-electron chi connectivity index (χ3n) is 6.01. The van der Waals surface area contributed by atoms with Crippen LogP contribution in [0.25, 0.3) is 0 Å². The molecule has 0 bridgehead atoms. The predicted octanol–water partition coefficient (Wildman–Crippen LogP) is 3.71. The molecule has 0 radical (unpaired) electrons. The third kappa shape index (κ3) is 5.76. The largest absolute Gasteiger partial charge is 0.403 e. The van der Waals surface area contributed by atoms with Crippen molar-refractivity contribution in [2.75, 3.05) is 25.5 Å². The third-order valence-corrected chi connectivity index (χ3v) is 6.65. The standard InChI is InChI=1S/C25H30N6OS/c1-17(32)31-15-20(16-31)25(33)30(2)14-18-5-9-21(10-6-18)28-23(12-26)24(19-7-8-19)29-22-4-3-11-27-13-22/h3-6,9-13,19-20,28H,7-8,14-16,26H2,1-2H3. The molecule has 1 saturated heterocycles. The minimum absolute atomic E-state index is 0.112. The Balaban J connectivity index is 1.37. The van der Waals surface area contributed by atoms with Crippen LogP contribution in [0.1, 0.15) is 25.3 Å². The molecule has 3 N–H and O–H groups in total. The Kier molecular flexibility index (Phi) is 7.03. The number of aliphatic imine (C=N–C) groups is 1. The molecular weight excluding hydrogens is 432 g/mol. The molecule has 0 atom stereocenters. The SMILES string of the molecule is CC(=O)N1CC(C(=S)N(C)Cc2ccc(NC(=CN)C(=Nc3cccnc3)C3CC3)cc2)C1. The second-order valence-electron chi connectivity index (χ2n) is 8.70. The Hall–Kier alpha value is -3.26. The lowest BCUT2D eigenvalue weighted by Crippen LogP contribution is -2.54. The fourth-order valence-corrected chi connectivity index (χ4v) is 4.10. The molecule has 1 aromatic carbocycles. The van der Waals surface area contributed by atoms with Gasteiger partial charge in [0.2, 0.25) is 5.91 Å². The van der Waals surface area contributed by atoms with Gasteiger partial charge in [-0.05, 0) is 42.7 Å². The van der Waals surface area contributed by atoms with Gasteiger partial charge in [-0.15, -0.1) is 0 Å². The van der Waals surface area contributed by atoms with Crippen molar-refractivity contribution in [3.05, 3.63) is 66.3 Å². The number of likely N-dealkylation sites (tertiary alicyclic amines) is 1. The number of carbonyl (C=O) groups excluding carboxylic acids is 1. The van der Waals surface area contributed by atoms with Crippen LogP contribution in [0.15, 0.2) is 65.7 Å². The zero-order valence-electron chi connectivity index (χ0n) is 19.1. The number of anilines is 1. The molecule has 7 nitrogen and oxygen atoms in total. The number of carbonyl (C=O) groups is 1. The summed E-state index contributed by atoms with van der Waals surface area (Å²) in [4.78, 5) is 25.2. The molecule has 1 saturated carbocycles. The zero-order valence-corrected chi connectivity index (χ0v) is 19.9. The van der Waals surface area contributed by atoms with Crippen molar-refractivity contribution in [1.82, 2.24) is 14.8 Å². The average molecular weight is 463 g/mol. The van der Waals surface area contributed by atoms with E-state index < -0.39 is 0 Å². The number of pyridine rings is 1. The molecular formula is C25H30N6OS. The monoisotopic (exact) mass is 462 g/mol.